The normalized spacial score (nSPS) is 15.8. The highest BCUT2D eigenvalue weighted by Crippen LogP contribution is 2.23. The van der Waals surface area contributed by atoms with Gasteiger partial charge in [0.2, 0.25) is 0 Å². The topological polar surface area (TPSA) is 76.8 Å². The zero-order valence-corrected chi connectivity index (χ0v) is 11.7. The number of nitrogens with two attached hydrogens (primary N) is 1. The van der Waals surface area contributed by atoms with Gasteiger partial charge in [-0.15, -0.1) is 0 Å². The maximum Gasteiger partial charge on any atom is 0.340 e. The molecule has 20 heavy (non-hydrogen) atoms. The Balaban J connectivity index is 1.90. The predicted octanol–water partition coefficient (Wildman–Crippen LogP) is 0.799. The molecule has 0 radical (unpaired) electrons. The quantitative estimate of drug-likeness (QED) is 0.613. The molecule has 0 atom stereocenters. The van der Waals surface area contributed by atoms with E-state index in [4.69, 9.17) is 15.2 Å². The number of carbonyl (C=O) groups is 1. The number of nitrogen functional groups attached to an aromatic ring is 1. The number of anilines is 2. The van der Waals surface area contributed by atoms with Gasteiger partial charge < -0.3 is 20.5 Å². The Morgan fingerprint density at radius 3 is 2.90 bits per heavy atom. The van der Waals surface area contributed by atoms with E-state index in [0.717, 1.165) is 45.1 Å². The number of esters is 1. The van der Waals surface area contributed by atoms with Crippen LogP contribution in [0, 0.1) is 0 Å². The Kier molecular flexibility index (Phi) is 5.20. The fraction of sp³-hybridized carbons (Fsp3) is 0.500. The lowest BCUT2D eigenvalue weighted by atomic mass is 10.1. The van der Waals surface area contributed by atoms with Crippen molar-refractivity contribution in [3.05, 3.63) is 23.8 Å². The molecule has 1 aliphatic heterocycles. The van der Waals surface area contributed by atoms with Crippen molar-refractivity contribution in [3.8, 4) is 0 Å². The Bertz CT molecular complexity index is 459. The van der Waals surface area contributed by atoms with Crippen molar-refractivity contribution >= 4 is 17.3 Å². The van der Waals surface area contributed by atoms with Crippen molar-refractivity contribution < 1.29 is 14.3 Å². The molecule has 1 aliphatic rings. The van der Waals surface area contributed by atoms with Gasteiger partial charge >= 0.3 is 5.97 Å². The molecule has 2 rings (SSSR count). The van der Waals surface area contributed by atoms with E-state index in [1.54, 1.807) is 12.1 Å². The average Bonchev–Trinajstić information content (AvgIpc) is 2.49. The van der Waals surface area contributed by atoms with Crippen LogP contribution in [0.5, 0.6) is 0 Å². The number of methoxy groups -OCH3 is 1. The Hall–Kier alpha value is -1.79. The number of carbonyl (C=O) groups excluding carboxylic acids is 1. The van der Waals surface area contributed by atoms with Crippen LogP contribution in [0.1, 0.15) is 10.4 Å². The third-order valence-corrected chi connectivity index (χ3v) is 3.36. The van der Waals surface area contributed by atoms with Crippen LogP contribution in [0.4, 0.5) is 11.4 Å². The smallest absolute Gasteiger partial charge is 0.340 e. The minimum absolute atomic E-state index is 0.392. The first-order chi connectivity index (χ1) is 9.72. The molecule has 6 nitrogen and oxygen atoms in total. The maximum absolute atomic E-state index is 11.6. The minimum Gasteiger partial charge on any atom is -0.465 e. The summed E-state index contributed by atoms with van der Waals surface area (Å²) in [5.74, 6) is -0.417. The van der Waals surface area contributed by atoms with Gasteiger partial charge in [-0.3, -0.25) is 4.90 Å². The van der Waals surface area contributed by atoms with Gasteiger partial charge in [0.05, 0.1) is 37.3 Å². The third kappa shape index (κ3) is 3.61. The second-order valence-electron chi connectivity index (χ2n) is 4.64. The Morgan fingerprint density at radius 2 is 2.20 bits per heavy atom. The van der Waals surface area contributed by atoms with E-state index < -0.39 is 5.97 Å². The van der Waals surface area contributed by atoms with Crippen molar-refractivity contribution in [2.45, 2.75) is 0 Å². The monoisotopic (exact) mass is 279 g/mol. The fourth-order valence-electron chi connectivity index (χ4n) is 2.18. The molecule has 1 aromatic carbocycles. The number of hydrogen-bond donors (Lipinski definition) is 2. The molecule has 1 heterocycles. The lowest BCUT2D eigenvalue weighted by Gasteiger charge is -2.26. The second kappa shape index (κ2) is 7.12. The molecule has 1 fully saturated rings. The fourth-order valence-corrected chi connectivity index (χ4v) is 2.18. The first-order valence-corrected chi connectivity index (χ1v) is 6.73. The van der Waals surface area contributed by atoms with E-state index in [-0.39, 0.29) is 0 Å². The molecule has 0 spiro atoms. The summed E-state index contributed by atoms with van der Waals surface area (Å²) < 4.78 is 10.0. The van der Waals surface area contributed by atoms with E-state index in [2.05, 4.69) is 10.2 Å². The second-order valence-corrected chi connectivity index (χ2v) is 4.64. The van der Waals surface area contributed by atoms with E-state index in [1.807, 2.05) is 6.07 Å². The van der Waals surface area contributed by atoms with Crippen molar-refractivity contribution in [2.24, 2.45) is 0 Å². The Morgan fingerprint density at radius 1 is 1.45 bits per heavy atom. The van der Waals surface area contributed by atoms with Crippen LogP contribution in [-0.4, -0.2) is 57.4 Å². The van der Waals surface area contributed by atoms with Crippen LogP contribution in [0.2, 0.25) is 0 Å². The summed E-state index contributed by atoms with van der Waals surface area (Å²) in [5.41, 5.74) is 7.57. The van der Waals surface area contributed by atoms with Crippen LogP contribution >= 0.6 is 0 Å². The molecule has 1 saturated heterocycles. The largest absolute Gasteiger partial charge is 0.465 e. The predicted molar refractivity (Wildman–Crippen MR) is 77.9 cm³/mol. The molecule has 0 bridgehead atoms. The third-order valence-electron chi connectivity index (χ3n) is 3.36. The molecule has 0 saturated carbocycles. The zero-order chi connectivity index (χ0) is 14.4. The van der Waals surface area contributed by atoms with Gasteiger partial charge in [-0.1, -0.05) is 6.07 Å². The van der Waals surface area contributed by atoms with Crippen LogP contribution in [0.25, 0.3) is 0 Å². The lowest BCUT2D eigenvalue weighted by molar-refractivity contribution is 0.0398. The SMILES string of the molecule is COC(=O)c1cccc(NCCN2CCOCC2)c1N. The lowest BCUT2D eigenvalue weighted by Crippen LogP contribution is -2.39. The summed E-state index contributed by atoms with van der Waals surface area (Å²) in [5, 5.41) is 3.26. The van der Waals surface area contributed by atoms with Gasteiger partial charge in [-0.2, -0.15) is 0 Å². The first-order valence-electron chi connectivity index (χ1n) is 6.73. The summed E-state index contributed by atoms with van der Waals surface area (Å²) in [6.07, 6.45) is 0. The number of hydrogen-bond acceptors (Lipinski definition) is 6. The summed E-state index contributed by atoms with van der Waals surface area (Å²) in [6, 6.07) is 5.31. The highest BCUT2D eigenvalue weighted by molar-refractivity contribution is 5.98. The van der Waals surface area contributed by atoms with Crippen molar-refractivity contribution in [1.82, 2.24) is 4.90 Å². The number of rotatable bonds is 5. The zero-order valence-electron chi connectivity index (χ0n) is 11.7. The molecule has 3 N–H and O–H groups in total. The van der Waals surface area contributed by atoms with Gasteiger partial charge in [0, 0.05) is 26.2 Å². The molecule has 0 unspecified atom stereocenters. The molecule has 1 aromatic rings. The first kappa shape index (κ1) is 14.6. The average molecular weight is 279 g/mol. The maximum atomic E-state index is 11.6. The van der Waals surface area contributed by atoms with Crippen LogP contribution in [0.15, 0.2) is 18.2 Å². The highest BCUT2D eigenvalue weighted by Gasteiger charge is 2.13. The van der Waals surface area contributed by atoms with E-state index >= 15 is 0 Å². The minimum atomic E-state index is -0.417. The van der Waals surface area contributed by atoms with Gasteiger partial charge in [0.15, 0.2) is 0 Å². The number of nitrogens with zero attached hydrogens (tertiary/aromatic N) is 1. The van der Waals surface area contributed by atoms with Gasteiger partial charge in [0.1, 0.15) is 0 Å². The molecule has 6 heteroatoms. The summed E-state index contributed by atoms with van der Waals surface area (Å²) in [7, 11) is 1.35. The molecule has 0 amide bonds. The summed E-state index contributed by atoms with van der Waals surface area (Å²) in [4.78, 5) is 13.9. The number of benzene rings is 1. The van der Waals surface area contributed by atoms with Gasteiger partial charge in [-0.05, 0) is 12.1 Å². The van der Waals surface area contributed by atoms with Gasteiger partial charge in [-0.25, -0.2) is 4.79 Å². The summed E-state index contributed by atoms with van der Waals surface area (Å²) in [6.45, 7) is 5.19. The molecular formula is C14H21N3O3. The Labute approximate surface area is 118 Å². The number of nitrogens with one attached hydrogen (secondary N) is 1. The molecular weight excluding hydrogens is 258 g/mol. The molecule has 110 valence electrons. The standard InChI is InChI=1S/C14H21N3O3/c1-19-14(18)11-3-2-4-12(13(11)15)16-5-6-17-7-9-20-10-8-17/h2-4,16H,5-10,15H2,1H3. The van der Waals surface area contributed by atoms with E-state index in [9.17, 15) is 4.79 Å². The molecule has 0 aliphatic carbocycles. The van der Waals surface area contributed by atoms with Crippen LogP contribution < -0.4 is 11.1 Å². The molecule has 0 aromatic heterocycles. The number of morpholine rings is 1. The van der Waals surface area contributed by atoms with Crippen LogP contribution in [-0.2, 0) is 9.47 Å². The van der Waals surface area contributed by atoms with Gasteiger partial charge in [0.25, 0.3) is 0 Å². The summed E-state index contributed by atoms with van der Waals surface area (Å²) >= 11 is 0. The highest BCUT2D eigenvalue weighted by atomic mass is 16.5. The van der Waals surface area contributed by atoms with Crippen molar-refractivity contribution in [2.75, 3.05) is 57.6 Å². The van der Waals surface area contributed by atoms with Crippen LogP contribution in [0.3, 0.4) is 0 Å². The number of ether oxygens (including phenoxy) is 2. The number of para-hydroxylation sites is 1. The van der Waals surface area contributed by atoms with Crippen molar-refractivity contribution in [1.29, 1.82) is 0 Å². The van der Waals surface area contributed by atoms with E-state index in [1.165, 1.54) is 7.11 Å². The van der Waals surface area contributed by atoms with Crippen molar-refractivity contribution in [3.63, 3.8) is 0 Å². The van der Waals surface area contributed by atoms with E-state index in [0.29, 0.717) is 11.3 Å².